The average molecular weight is 429 g/mol. The highest BCUT2D eigenvalue weighted by Crippen LogP contribution is 2.60. The van der Waals surface area contributed by atoms with Gasteiger partial charge in [0.2, 0.25) is 5.91 Å². The Kier molecular flexibility index (Phi) is 5.88. The zero-order valence-electron chi connectivity index (χ0n) is 20.5. The van der Waals surface area contributed by atoms with Crippen LogP contribution in [0.15, 0.2) is 18.2 Å². The molecule has 0 aromatic heterocycles. The molecule has 30 heavy (non-hydrogen) atoms. The van der Waals surface area contributed by atoms with Gasteiger partial charge in [0.25, 0.3) is 0 Å². The SMILES string of the molecule is CB(O)N1C(=O)[C@H]2[C@H](c3ccc(C)cc3[C@@]2(C)C(C)C)[C@H]1CO[Si](C)(C)C(C)(C)C. The van der Waals surface area contributed by atoms with Crippen LogP contribution >= 0.6 is 0 Å². The first-order valence-electron chi connectivity index (χ1n) is 11.4. The lowest BCUT2D eigenvalue weighted by Crippen LogP contribution is -2.51. The molecule has 1 aliphatic heterocycles. The molecule has 2 aliphatic rings. The van der Waals surface area contributed by atoms with Crippen molar-refractivity contribution < 1.29 is 14.2 Å². The Morgan fingerprint density at radius 3 is 2.40 bits per heavy atom. The third-order valence-electron chi connectivity index (χ3n) is 8.47. The molecule has 1 heterocycles. The molecule has 4 nitrogen and oxygen atoms in total. The van der Waals surface area contributed by atoms with Gasteiger partial charge < -0.3 is 14.3 Å². The summed E-state index contributed by atoms with van der Waals surface area (Å²) < 4.78 is 6.62. The van der Waals surface area contributed by atoms with Crippen LogP contribution in [0.25, 0.3) is 0 Å². The number of carbonyl (C=O) groups excluding carboxylic acids is 1. The number of aryl methyl sites for hydroxylation is 1. The molecule has 6 heteroatoms. The van der Waals surface area contributed by atoms with E-state index in [0.717, 1.165) is 0 Å². The van der Waals surface area contributed by atoms with E-state index in [1.807, 2.05) is 0 Å². The topological polar surface area (TPSA) is 49.8 Å². The second-order valence-electron chi connectivity index (χ2n) is 11.5. The summed E-state index contributed by atoms with van der Waals surface area (Å²) >= 11 is 0. The first-order valence-corrected chi connectivity index (χ1v) is 14.3. The summed E-state index contributed by atoms with van der Waals surface area (Å²) in [5, 5.41) is 10.7. The summed E-state index contributed by atoms with van der Waals surface area (Å²) in [6, 6.07) is 6.51. The van der Waals surface area contributed by atoms with E-state index in [4.69, 9.17) is 4.43 Å². The van der Waals surface area contributed by atoms with Crippen LogP contribution in [0.4, 0.5) is 0 Å². The van der Waals surface area contributed by atoms with Crippen molar-refractivity contribution in [3.63, 3.8) is 0 Å². The zero-order valence-corrected chi connectivity index (χ0v) is 21.5. The maximum atomic E-state index is 13.8. The lowest BCUT2D eigenvalue weighted by molar-refractivity contribution is -0.130. The smallest absolute Gasteiger partial charge is 0.412 e. The van der Waals surface area contributed by atoms with Gasteiger partial charge >= 0.3 is 7.05 Å². The van der Waals surface area contributed by atoms with E-state index < -0.39 is 15.4 Å². The summed E-state index contributed by atoms with van der Waals surface area (Å²) in [6.07, 6.45) is 0. The molecule has 1 saturated heterocycles. The van der Waals surface area contributed by atoms with E-state index in [0.29, 0.717) is 12.5 Å². The summed E-state index contributed by atoms with van der Waals surface area (Å²) in [6.45, 7) is 22.2. The van der Waals surface area contributed by atoms with Gasteiger partial charge in [-0.25, -0.2) is 0 Å². The first-order chi connectivity index (χ1) is 13.6. The molecule has 0 radical (unpaired) electrons. The lowest BCUT2D eigenvalue weighted by atomic mass is 9.67. The molecule has 4 atom stereocenters. The Hall–Kier alpha value is -1.11. The highest BCUT2D eigenvalue weighted by atomic mass is 28.4. The number of nitrogens with zero attached hydrogens (tertiary/aromatic N) is 1. The van der Waals surface area contributed by atoms with Gasteiger partial charge in [0, 0.05) is 11.3 Å². The number of amides is 1. The van der Waals surface area contributed by atoms with Crippen molar-refractivity contribution in [3.05, 3.63) is 34.9 Å². The predicted molar refractivity (Wildman–Crippen MR) is 127 cm³/mol. The Morgan fingerprint density at radius 1 is 1.30 bits per heavy atom. The van der Waals surface area contributed by atoms with Crippen LogP contribution in [-0.4, -0.2) is 43.8 Å². The van der Waals surface area contributed by atoms with Gasteiger partial charge in [0.1, 0.15) is 0 Å². The summed E-state index contributed by atoms with van der Waals surface area (Å²) in [5.41, 5.74) is 3.56. The minimum Gasteiger partial charge on any atom is -0.432 e. The highest BCUT2D eigenvalue weighted by molar-refractivity contribution is 6.74. The van der Waals surface area contributed by atoms with Crippen LogP contribution < -0.4 is 0 Å². The number of hydrogen-bond donors (Lipinski definition) is 1. The minimum atomic E-state index is -1.98. The number of hydrogen-bond acceptors (Lipinski definition) is 3. The maximum Gasteiger partial charge on any atom is 0.412 e. The fraction of sp³-hybridized carbons (Fsp3) is 0.708. The fourth-order valence-corrected chi connectivity index (χ4v) is 6.33. The van der Waals surface area contributed by atoms with Gasteiger partial charge in [-0.2, -0.15) is 0 Å². The molecule has 1 fully saturated rings. The van der Waals surface area contributed by atoms with Crippen molar-refractivity contribution >= 4 is 21.3 Å². The van der Waals surface area contributed by atoms with Crippen molar-refractivity contribution in [1.82, 2.24) is 4.81 Å². The minimum absolute atomic E-state index is 0.0554. The third kappa shape index (κ3) is 3.39. The Balaban J connectivity index is 2.09. The van der Waals surface area contributed by atoms with E-state index in [2.05, 4.69) is 79.8 Å². The maximum absolute atomic E-state index is 13.8. The van der Waals surface area contributed by atoms with Crippen LogP contribution in [0.5, 0.6) is 0 Å². The van der Waals surface area contributed by atoms with E-state index in [-0.39, 0.29) is 34.2 Å². The van der Waals surface area contributed by atoms with E-state index in [1.165, 1.54) is 16.7 Å². The second kappa shape index (κ2) is 7.49. The van der Waals surface area contributed by atoms with Gasteiger partial charge in [-0.05, 0) is 48.9 Å². The Morgan fingerprint density at radius 2 is 1.90 bits per heavy atom. The van der Waals surface area contributed by atoms with E-state index >= 15 is 0 Å². The summed E-state index contributed by atoms with van der Waals surface area (Å²) in [4.78, 5) is 15.5. The van der Waals surface area contributed by atoms with Crippen molar-refractivity contribution in [2.24, 2.45) is 11.8 Å². The van der Waals surface area contributed by atoms with E-state index in [1.54, 1.807) is 11.6 Å². The lowest BCUT2D eigenvalue weighted by Gasteiger charge is -2.39. The van der Waals surface area contributed by atoms with Gasteiger partial charge in [0.15, 0.2) is 8.32 Å². The van der Waals surface area contributed by atoms with Crippen LogP contribution in [0.3, 0.4) is 0 Å². The van der Waals surface area contributed by atoms with Crippen molar-refractivity contribution in [1.29, 1.82) is 0 Å². The Labute approximate surface area is 184 Å². The van der Waals surface area contributed by atoms with Crippen molar-refractivity contribution in [2.45, 2.75) is 90.8 Å². The van der Waals surface area contributed by atoms with Crippen LogP contribution in [0.2, 0.25) is 25.0 Å². The zero-order chi connectivity index (χ0) is 22.8. The second-order valence-corrected chi connectivity index (χ2v) is 16.4. The van der Waals surface area contributed by atoms with Gasteiger partial charge in [0.05, 0.1) is 18.6 Å². The molecule has 1 N–H and O–H groups in total. The molecule has 1 aliphatic carbocycles. The molecule has 0 saturated carbocycles. The molecular formula is C24H40BNO3Si. The third-order valence-corrected chi connectivity index (χ3v) is 13.0. The molecular weight excluding hydrogens is 389 g/mol. The normalized spacial score (nSPS) is 28.9. The quantitative estimate of drug-likeness (QED) is 0.673. The van der Waals surface area contributed by atoms with Crippen LogP contribution in [-0.2, 0) is 14.6 Å². The standard InChI is InChI=1S/C24H40BNO3Si/c1-15(2)24(7)18-13-16(3)11-12-17(18)20-19(14-29-30(9,10)23(4,5)6)26(25(8)28)22(27)21(20)24/h11-13,15,19-21,28H,14H2,1-10H3/t19-,20-,21-,24-/m1/s1. The van der Waals surface area contributed by atoms with Crippen LogP contribution in [0, 0.1) is 18.8 Å². The molecule has 3 rings (SSSR count). The predicted octanol–water partition coefficient (Wildman–Crippen LogP) is 4.97. The number of carbonyl (C=O) groups is 1. The molecule has 0 spiro atoms. The fourth-order valence-electron chi connectivity index (χ4n) is 5.31. The molecule has 0 bridgehead atoms. The number of rotatable bonds is 5. The van der Waals surface area contributed by atoms with Crippen LogP contribution in [0.1, 0.15) is 64.2 Å². The largest absolute Gasteiger partial charge is 0.432 e. The average Bonchev–Trinajstić information content (AvgIpc) is 3.04. The first kappa shape index (κ1) is 23.6. The van der Waals surface area contributed by atoms with Gasteiger partial charge in [-0.3, -0.25) is 4.79 Å². The van der Waals surface area contributed by atoms with E-state index in [9.17, 15) is 9.82 Å². The molecule has 1 aromatic carbocycles. The molecule has 1 amide bonds. The molecule has 166 valence electrons. The van der Waals surface area contributed by atoms with Crippen molar-refractivity contribution in [2.75, 3.05) is 6.61 Å². The summed E-state index contributed by atoms with van der Waals surface area (Å²) in [7, 11) is -2.80. The summed E-state index contributed by atoms with van der Waals surface area (Å²) in [5.74, 6) is 0.286. The number of fused-ring (bicyclic) bond motifs is 3. The van der Waals surface area contributed by atoms with Gasteiger partial charge in [-0.15, -0.1) is 0 Å². The van der Waals surface area contributed by atoms with Crippen molar-refractivity contribution in [3.8, 4) is 0 Å². The Bertz CT molecular complexity index is 832. The highest BCUT2D eigenvalue weighted by Gasteiger charge is 2.63. The molecule has 0 unspecified atom stereocenters. The number of benzene rings is 1. The molecule has 1 aromatic rings. The van der Waals surface area contributed by atoms with Gasteiger partial charge in [-0.1, -0.05) is 65.3 Å². The monoisotopic (exact) mass is 429 g/mol.